The average Bonchev–Trinajstić information content (AvgIpc) is 2.04. The second-order valence-corrected chi connectivity index (χ2v) is 2.83. The Bertz CT molecular complexity index is 265. The van der Waals surface area contributed by atoms with Gasteiger partial charge in [-0.3, -0.25) is 15.1 Å². The minimum absolute atomic E-state index is 0.266. The Labute approximate surface area is 79.9 Å². The number of hydrogen-bond donors (Lipinski definition) is 1. The molecule has 0 aromatic carbocycles. The fraction of sp³-hybridized carbons (Fsp3) is 0.667. The molecule has 1 aliphatic heterocycles. The summed E-state index contributed by atoms with van der Waals surface area (Å²) in [6.45, 7) is 2.27. The highest BCUT2D eigenvalue weighted by Gasteiger charge is 2.37. The summed E-state index contributed by atoms with van der Waals surface area (Å²) in [5, 5.41) is 13.2. The number of rotatable bonds is 2. The Morgan fingerprint density at radius 2 is 2.62 bits per heavy atom. The van der Waals surface area contributed by atoms with Gasteiger partial charge in [0.2, 0.25) is 0 Å². The van der Waals surface area contributed by atoms with Gasteiger partial charge in [-0.25, -0.2) is 4.99 Å². The Morgan fingerprint density at radius 3 is 3.15 bits per heavy atom. The molecule has 0 aromatic heterocycles. The second kappa shape index (κ2) is 4.18. The summed E-state index contributed by atoms with van der Waals surface area (Å²) < 4.78 is 0. The third-order valence-electron chi connectivity index (χ3n) is 1.53. The SMILES string of the molecule is CCN=C1NC=NC(Cl)C1[N+](=O)[O-]. The highest BCUT2D eigenvalue weighted by atomic mass is 35.5. The number of amidine groups is 1. The van der Waals surface area contributed by atoms with Crippen molar-refractivity contribution in [2.24, 2.45) is 9.98 Å². The Balaban J connectivity index is 2.90. The lowest BCUT2D eigenvalue weighted by atomic mass is 10.2. The zero-order valence-electron chi connectivity index (χ0n) is 6.98. The quantitative estimate of drug-likeness (QED) is 0.303. The molecule has 0 amide bonds. The van der Waals surface area contributed by atoms with E-state index in [1.807, 2.05) is 0 Å². The monoisotopic (exact) mass is 204 g/mol. The molecule has 0 saturated heterocycles. The molecule has 0 radical (unpaired) electrons. The van der Waals surface area contributed by atoms with Crippen molar-refractivity contribution in [1.29, 1.82) is 0 Å². The fourth-order valence-corrected chi connectivity index (χ4v) is 1.25. The Kier molecular flexibility index (Phi) is 3.18. The van der Waals surface area contributed by atoms with Gasteiger partial charge in [-0.2, -0.15) is 0 Å². The first-order chi connectivity index (χ1) is 6.16. The summed E-state index contributed by atoms with van der Waals surface area (Å²) in [4.78, 5) is 17.7. The van der Waals surface area contributed by atoms with Gasteiger partial charge >= 0.3 is 6.04 Å². The Hall–Kier alpha value is -1.17. The van der Waals surface area contributed by atoms with E-state index < -0.39 is 16.5 Å². The lowest BCUT2D eigenvalue weighted by Crippen LogP contribution is -2.48. The number of alkyl halides is 1. The van der Waals surface area contributed by atoms with Gasteiger partial charge in [0.15, 0.2) is 11.3 Å². The van der Waals surface area contributed by atoms with E-state index in [0.717, 1.165) is 0 Å². The highest BCUT2D eigenvalue weighted by molar-refractivity contribution is 6.24. The molecule has 0 aliphatic carbocycles. The lowest BCUT2D eigenvalue weighted by molar-refractivity contribution is -0.503. The molecule has 13 heavy (non-hydrogen) atoms. The smallest absolute Gasteiger partial charge is 0.304 e. The standard InChI is InChI=1S/C6H9ClN4O2/c1-2-8-6-4(11(12)13)5(7)9-3-10-6/h3-5H,2H2,1H3,(H,8,9,10). The first-order valence-electron chi connectivity index (χ1n) is 3.77. The summed E-state index contributed by atoms with van der Waals surface area (Å²) in [5.74, 6) is 0.266. The molecule has 0 bridgehead atoms. The van der Waals surface area contributed by atoms with Crippen molar-refractivity contribution in [2.45, 2.75) is 18.5 Å². The zero-order chi connectivity index (χ0) is 9.84. The van der Waals surface area contributed by atoms with Gasteiger partial charge < -0.3 is 5.32 Å². The van der Waals surface area contributed by atoms with E-state index in [0.29, 0.717) is 6.54 Å². The van der Waals surface area contributed by atoms with Gasteiger partial charge in [0.25, 0.3) is 0 Å². The summed E-state index contributed by atoms with van der Waals surface area (Å²) >= 11 is 5.65. The molecule has 72 valence electrons. The van der Waals surface area contributed by atoms with Crippen molar-refractivity contribution in [3.8, 4) is 0 Å². The third-order valence-corrected chi connectivity index (χ3v) is 1.88. The van der Waals surface area contributed by atoms with Crippen LogP contribution in [0.15, 0.2) is 9.98 Å². The minimum Gasteiger partial charge on any atom is -0.329 e. The maximum atomic E-state index is 10.6. The van der Waals surface area contributed by atoms with E-state index in [-0.39, 0.29) is 5.84 Å². The van der Waals surface area contributed by atoms with Crippen LogP contribution in [0.25, 0.3) is 0 Å². The Morgan fingerprint density at radius 1 is 1.92 bits per heavy atom. The zero-order valence-corrected chi connectivity index (χ0v) is 7.73. The van der Waals surface area contributed by atoms with Crippen molar-refractivity contribution in [3.05, 3.63) is 10.1 Å². The van der Waals surface area contributed by atoms with Crippen molar-refractivity contribution in [1.82, 2.24) is 5.32 Å². The maximum absolute atomic E-state index is 10.6. The van der Waals surface area contributed by atoms with E-state index in [1.165, 1.54) is 6.34 Å². The molecular formula is C6H9ClN4O2. The molecule has 0 spiro atoms. The molecule has 0 fully saturated rings. The van der Waals surface area contributed by atoms with Crippen LogP contribution in [0, 0.1) is 10.1 Å². The van der Waals surface area contributed by atoms with Crippen LogP contribution in [-0.2, 0) is 0 Å². The largest absolute Gasteiger partial charge is 0.329 e. The molecular weight excluding hydrogens is 196 g/mol. The van der Waals surface area contributed by atoms with E-state index in [1.54, 1.807) is 6.92 Å². The molecule has 1 heterocycles. The number of nitro groups is 1. The lowest BCUT2D eigenvalue weighted by Gasteiger charge is -2.17. The summed E-state index contributed by atoms with van der Waals surface area (Å²) in [6.07, 6.45) is 1.33. The first-order valence-corrected chi connectivity index (χ1v) is 4.20. The van der Waals surface area contributed by atoms with Gasteiger partial charge in [0.1, 0.15) is 0 Å². The summed E-state index contributed by atoms with van der Waals surface area (Å²) in [6, 6.07) is -1.06. The van der Waals surface area contributed by atoms with Crippen molar-refractivity contribution in [3.63, 3.8) is 0 Å². The van der Waals surface area contributed by atoms with E-state index in [9.17, 15) is 10.1 Å². The molecule has 7 heteroatoms. The van der Waals surface area contributed by atoms with Gasteiger partial charge in [-0.15, -0.1) is 0 Å². The molecule has 1 N–H and O–H groups in total. The predicted octanol–water partition coefficient (Wildman–Crippen LogP) is 0.246. The van der Waals surface area contributed by atoms with Crippen molar-refractivity contribution >= 4 is 23.8 Å². The van der Waals surface area contributed by atoms with Crippen LogP contribution < -0.4 is 5.32 Å². The first kappa shape index (κ1) is 9.91. The molecule has 2 atom stereocenters. The van der Waals surface area contributed by atoms with E-state index in [4.69, 9.17) is 11.6 Å². The normalized spacial score (nSPS) is 30.2. The summed E-state index contributed by atoms with van der Waals surface area (Å²) in [7, 11) is 0. The molecule has 0 saturated carbocycles. The number of aliphatic imine (C=N–C) groups is 2. The molecule has 1 rings (SSSR count). The van der Waals surface area contributed by atoms with Crippen LogP contribution in [-0.4, -0.2) is 35.2 Å². The third kappa shape index (κ3) is 2.15. The topological polar surface area (TPSA) is 79.9 Å². The van der Waals surface area contributed by atoms with Crippen LogP contribution >= 0.6 is 11.6 Å². The van der Waals surface area contributed by atoms with Crippen molar-refractivity contribution < 1.29 is 4.92 Å². The molecule has 0 aromatic rings. The number of nitrogens with one attached hydrogen (secondary N) is 1. The van der Waals surface area contributed by atoms with Crippen LogP contribution in [0.4, 0.5) is 0 Å². The maximum Gasteiger partial charge on any atom is 0.304 e. The van der Waals surface area contributed by atoms with Crippen LogP contribution in [0.1, 0.15) is 6.92 Å². The van der Waals surface area contributed by atoms with Crippen LogP contribution in [0.3, 0.4) is 0 Å². The van der Waals surface area contributed by atoms with E-state index in [2.05, 4.69) is 15.3 Å². The van der Waals surface area contributed by atoms with Crippen LogP contribution in [0.5, 0.6) is 0 Å². The van der Waals surface area contributed by atoms with Gasteiger partial charge in [-0.1, -0.05) is 11.6 Å². The van der Waals surface area contributed by atoms with Gasteiger partial charge in [0, 0.05) is 11.5 Å². The van der Waals surface area contributed by atoms with Crippen LogP contribution in [0.2, 0.25) is 0 Å². The molecule has 6 nitrogen and oxygen atoms in total. The van der Waals surface area contributed by atoms with Gasteiger partial charge in [-0.05, 0) is 6.92 Å². The molecule has 1 aliphatic rings. The second-order valence-electron chi connectivity index (χ2n) is 2.38. The predicted molar refractivity (Wildman–Crippen MR) is 50.0 cm³/mol. The average molecular weight is 205 g/mol. The summed E-state index contributed by atoms with van der Waals surface area (Å²) in [5.41, 5.74) is -0.874. The fourth-order valence-electron chi connectivity index (χ4n) is 0.982. The highest BCUT2D eigenvalue weighted by Crippen LogP contribution is 2.11. The van der Waals surface area contributed by atoms with Crippen molar-refractivity contribution in [2.75, 3.05) is 6.54 Å². The van der Waals surface area contributed by atoms with Gasteiger partial charge in [0.05, 0.1) is 6.34 Å². The number of hydrogen-bond acceptors (Lipinski definition) is 4. The number of nitrogens with zero attached hydrogens (tertiary/aromatic N) is 3. The number of halogens is 1. The van der Waals surface area contributed by atoms with E-state index >= 15 is 0 Å². The minimum atomic E-state index is -1.06. The molecule has 2 unspecified atom stereocenters.